The zero-order chi connectivity index (χ0) is 13.2. The van der Waals surface area contributed by atoms with Crippen LogP contribution < -0.4 is 4.74 Å². The topological polar surface area (TPSA) is 42.4 Å². The van der Waals surface area contributed by atoms with Gasteiger partial charge in [-0.25, -0.2) is 13.8 Å². The van der Waals surface area contributed by atoms with E-state index in [4.69, 9.17) is 5.11 Å². The Morgan fingerprint density at radius 1 is 1.41 bits per heavy atom. The van der Waals surface area contributed by atoms with Crippen LogP contribution in [-0.2, 0) is 6.61 Å². The van der Waals surface area contributed by atoms with Gasteiger partial charge >= 0.3 is 6.36 Å². The minimum Gasteiger partial charge on any atom is -0.403 e. The number of aliphatic hydroxyl groups excluding tert-OH is 1. The van der Waals surface area contributed by atoms with E-state index in [9.17, 15) is 22.0 Å². The van der Waals surface area contributed by atoms with Gasteiger partial charge in [0.25, 0.3) is 6.43 Å². The lowest BCUT2D eigenvalue weighted by molar-refractivity contribution is -0.275. The molecule has 0 saturated heterocycles. The smallest absolute Gasteiger partial charge is 0.403 e. The molecule has 3 nitrogen and oxygen atoms in total. The van der Waals surface area contributed by atoms with Crippen LogP contribution in [0, 0.1) is 0 Å². The van der Waals surface area contributed by atoms with E-state index in [0.29, 0.717) is 6.07 Å². The summed E-state index contributed by atoms with van der Waals surface area (Å²) < 4.78 is 63.6. The van der Waals surface area contributed by atoms with E-state index >= 15 is 0 Å². The molecule has 1 aromatic heterocycles. The molecule has 1 rings (SSSR count). The lowest BCUT2D eigenvalue weighted by Gasteiger charge is -2.13. The average molecular weight is 322 g/mol. The second-order valence-electron chi connectivity index (χ2n) is 2.83. The third kappa shape index (κ3) is 3.77. The van der Waals surface area contributed by atoms with E-state index in [1.807, 2.05) is 0 Å². The van der Waals surface area contributed by atoms with Gasteiger partial charge < -0.3 is 9.84 Å². The van der Waals surface area contributed by atoms with Crippen molar-refractivity contribution in [2.75, 3.05) is 0 Å². The number of aliphatic hydroxyl groups is 1. The van der Waals surface area contributed by atoms with Gasteiger partial charge in [0.15, 0.2) is 5.75 Å². The lowest BCUT2D eigenvalue weighted by atomic mass is 10.2. The molecule has 17 heavy (non-hydrogen) atoms. The first-order chi connectivity index (χ1) is 7.74. The summed E-state index contributed by atoms with van der Waals surface area (Å²) in [6.07, 6.45) is -7.98. The third-order valence-electron chi connectivity index (χ3n) is 1.66. The molecule has 9 heteroatoms. The minimum absolute atomic E-state index is 0.428. The molecule has 0 unspecified atom stereocenters. The van der Waals surface area contributed by atoms with E-state index in [1.54, 1.807) is 0 Å². The Morgan fingerprint density at radius 3 is 2.41 bits per heavy atom. The molecule has 96 valence electrons. The summed E-state index contributed by atoms with van der Waals surface area (Å²) in [5, 5.41) is 8.76. The number of nitrogens with zero attached hydrogens (tertiary/aromatic N) is 1. The first-order valence-electron chi connectivity index (χ1n) is 4.08. The Bertz CT molecular complexity index is 410. The Kier molecular flexibility index (Phi) is 4.26. The molecule has 0 amide bonds. The second-order valence-corrected chi connectivity index (χ2v) is 3.58. The van der Waals surface area contributed by atoms with Crippen LogP contribution in [0.4, 0.5) is 22.0 Å². The summed E-state index contributed by atoms with van der Waals surface area (Å²) in [7, 11) is 0. The van der Waals surface area contributed by atoms with Crippen LogP contribution >= 0.6 is 15.9 Å². The molecule has 0 radical (unpaired) electrons. The van der Waals surface area contributed by atoms with Gasteiger partial charge in [0.1, 0.15) is 10.3 Å². The number of alkyl halides is 5. The van der Waals surface area contributed by atoms with Crippen LogP contribution in [0.3, 0.4) is 0 Å². The first kappa shape index (κ1) is 14.1. The molecule has 0 aromatic carbocycles. The van der Waals surface area contributed by atoms with Crippen molar-refractivity contribution < 1.29 is 31.8 Å². The maximum absolute atomic E-state index is 12.4. The van der Waals surface area contributed by atoms with Crippen LogP contribution in [0.15, 0.2) is 10.7 Å². The molecule has 0 saturated carbocycles. The zero-order valence-electron chi connectivity index (χ0n) is 7.93. The number of halogens is 6. The van der Waals surface area contributed by atoms with Gasteiger partial charge in [-0.05, 0) is 22.0 Å². The van der Waals surface area contributed by atoms with Crippen molar-refractivity contribution in [3.63, 3.8) is 0 Å². The van der Waals surface area contributed by atoms with E-state index in [2.05, 4.69) is 25.7 Å². The predicted octanol–water partition coefficient (Wildman–Crippen LogP) is 3.17. The average Bonchev–Trinajstić information content (AvgIpc) is 2.18. The Labute approximate surface area is 100 Å². The Hall–Kier alpha value is -0.960. The minimum atomic E-state index is -4.97. The van der Waals surface area contributed by atoms with Gasteiger partial charge in [-0.15, -0.1) is 13.2 Å². The monoisotopic (exact) mass is 321 g/mol. The quantitative estimate of drug-likeness (QED) is 0.687. The van der Waals surface area contributed by atoms with Gasteiger partial charge in [0.05, 0.1) is 6.61 Å². The van der Waals surface area contributed by atoms with Crippen molar-refractivity contribution in [2.45, 2.75) is 19.4 Å². The summed E-state index contributed by atoms with van der Waals surface area (Å²) in [5.41, 5.74) is -1.23. The maximum atomic E-state index is 12.4. The fraction of sp³-hybridized carbons (Fsp3) is 0.375. The van der Waals surface area contributed by atoms with E-state index in [0.717, 1.165) is 0 Å². The summed E-state index contributed by atoms with van der Waals surface area (Å²) in [6.45, 7) is -0.867. The van der Waals surface area contributed by atoms with Gasteiger partial charge in [0, 0.05) is 5.56 Å². The van der Waals surface area contributed by atoms with Crippen LogP contribution in [-0.4, -0.2) is 16.5 Å². The highest BCUT2D eigenvalue weighted by Crippen LogP contribution is 2.33. The zero-order valence-corrected chi connectivity index (χ0v) is 9.52. The summed E-state index contributed by atoms with van der Waals surface area (Å²) in [5.74, 6) is -0.786. The van der Waals surface area contributed by atoms with Crippen LogP contribution in [0.2, 0.25) is 0 Å². The molecule has 0 aliphatic heterocycles. The predicted molar refractivity (Wildman–Crippen MR) is 49.5 cm³/mol. The highest BCUT2D eigenvalue weighted by molar-refractivity contribution is 9.10. The van der Waals surface area contributed by atoms with E-state index < -0.39 is 41.0 Å². The number of aromatic nitrogens is 1. The number of pyridine rings is 1. The molecule has 1 heterocycles. The van der Waals surface area contributed by atoms with Crippen LogP contribution in [0.5, 0.6) is 5.75 Å². The summed E-state index contributed by atoms with van der Waals surface area (Å²) in [4.78, 5) is 3.21. The molecule has 0 spiro atoms. The van der Waals surface area contributed by atoms with Crippen molar-refractivity contribution in [3.8, 4) is 5.75 Å². The molecular formula is C8H5BrF5NO2. The molecule has 0 aliphatic carbocycles. The highest BCUT2D eigenvalue weighted by atomic mass is 79.9. The lowest BCUT2D eigenvalue weighted by Crippen LogP contribution is -2.18. The molecular weight excluding hydrogens is 317 g/mol. The number of ether oxygens (including phenoxy) is 1. The molecule has 0 atom stereocenters. The highest BCUT2D eigenvalue weighted by Gasteiger charge is 2.33. The third-order valence-corrected chi connectivity index (χ3v) is 2.23. The number of rotatable bonds is 3. The van der Waals surface area contributed by atoms with Crippen molar-refractivity contribution in [3.05, 3.63) is 21.9 Å². The molecule has 0 bridgehead atoms. The van der Waals surface area contributed by atoms with Gasteiger partial charge in [0.2, 0.25) is 0 Å². The maximum Gasteiger partial charge on any atom is 0.573 e. The number of hydrogen-bond acceptors (Lipinski definition) is 3. The largest absolute Gasteiger partial charge is 0.573 e. The fourth-order valence-electron chi connectivity index (χ4n) is 1.04. The molecule has 1 N–H and O–H groups in total. The second kappa shape index (κ2) is 5.13. The summed E-state index contributed by atoms with van der Waals surface area (Å²) in [6, 6.07) is 0.659. The first-order valence-corrected chi connectivity index (χ1v) is 4.88. The van der Waals surface area contributed by atoms with Gasteiger partial charge in [-0.2, -0.15) is 0 Å². The standard InChI is InChI=1S/C8H5BrF5NO2/c9-6-4(17-8(12,13)14)1-3(2-16)5(15-6)7(10)11/h1,7,16H,2H2. The van der Waals surface area contributed by atoms with E-state index in [1.165, 1.54) is 0 Å². The van der Waals surface area contributed by atoms with Gasteiger partial charge in [-0.3, -0.25) is 0 Å². The summed E-state index contributed by atoms with van der Waals surface area (Å²) >= 11 is 2.58. The fourth-order valence-corrected chi connectivity index (χ4v) is 1.42. The molecule has 0 aliphatic rings. The van der Waals surface area contributed by atoms with Crippen LogP contribution in [0.1, 0.15) is 17.7 Å². The Morgan fingerprint density at radius 2 is 2.00 bits per heavy atom. The molecule has 0 fully saturated rings. The van der Waals surface area contributed by atoms with E-state index in [-0.39, 0.29) is 0 Å². The van der Waals surface area contributed by atoms with Crippen molar-refractivity contribution >= 4 is 15.9 Å². The molecule has 1 aromatic rings. The SMILES string of the molecule is OCc1cc(OC(F)(F)F)c(Br)nc1C(F)F. The van der Waals surface area contributed by atoms with Crippen molar-refractivity contribution in [1.82, 2.24) is 4.98 Å². The normalized spacial score (nSPS) is 12.0. The van der Waals surface area contributed by atoms with Crippen molar-refractivity contribution in [1.29, 1.82) is 0 Å². The Balaban J connectivity index is 3.18. The van der Waals surface area contributed by atoms with Gasteiger partial charge in [-0.1, -0.05) is 0 Å². The van der Waals surface area contributed by atoms with Crippen LogP contribution in [0.25, 0.3) is 0 Å². The number of hydrogen-bond donors (Lipinski definition) is 1. The van der Waals surface area contributed by atoms with Crippen molar-refractivity contribution in [2.24, 2.45) is 0 Å².